The fourth-order valence-corrected chi connectivity index (χ4v) is 3.32. The highest BCUT2D eigenvalue weighted by Gasteiger charge is 2.34. The summed E-state index contributed by atoms with van der Waals surface area (Å²) in [5.41, 5.74) is 0.845. The predicted octanol–water partition coefficient (Wildman–Crippen LogP) is 4.21. The highest BCUT2D eigenvalue weighted by Crippen LogP contribution is 2.22. The number of nitro benzene ring substituents is 1. The van der Waals surface area contributed by atoms with Gasteiger partial charge in [0.05, 0.1) is 18.0 Å². The minimum Gasteiger partial charge on any atom is -0.443 e. The SMILES string of the molecule is CC(C)(C)OC(=O)N1CCN(c2ccc([N+](=O)[O-])cc2)CCN1C(=O)OCc1ccccc1. The van der Waals surface area contributed by atoms with Crippen LogP contribution in [-0.4, -0.2) is 58.9 Å². The molecule has 0 bridgehead atoms. The van der Waals surface area contributed by atoms with Crippen LogP contribution in [0.2, 0.25) is 0 Å². The molecule has 1 aliphatic rings. The smallest absolute Gasteiger partial charge is 0.429 e. The summed E-state index contributed by atoms with van der Waals surface area (Å²) in [6.07, 6.45) is -1.31. The van der Waals surface area contributed by atoms with Crippen LogP contribution in [0.5, 0.6) is 0 Å². The first-order chi connectivity index (χ1) is 15.6. The molecule has 3 rings (SSSR count). The van der Waals surface area contributed by atoms with Crippen LogP contribution in [0.1, 0.15) is 26.3 Å². The van der Waals surface area contributed by atoms with Gasteiger partial charge in [-0.1, -0.05) is 30.3 Å². The maximum Gasteiger partial charge on any atom is 0.429 e. The van der Waals surface area contributed by atoms with E-state index in [1.54, 1.807) is 32.9 Å². The average molecular weight is 456 g/mol. The number of hydrazine groups is 1. The molecule has 33 heavy (non-hydrogen) atoms. The van der Waals surface area contributed by atoms with Gasteiger partial charge in [0.15, 0.2) is 0 Å². The van der Waals surface area contributed by atoms with Gasteiger partial charge in [0.1, 0.15) is 12.2 Å². The number of non-ortho nitro benzene ring substituents is 1. The minimum atomic E-state index is -0.735. The summed E-state index contributed by atoms with van der Waals surface area (Å²) in [7, 11) is 0. The van der Waals surface area contributed by atoms with Crippen molar-refractivity contribution < 1.29 is 24.0 Å². The molecule has 2 aromatic rings. The van der Waals surface area contributed by atoms with E-state index in [9.17, 15) is 19.7 Å². The van der Waals surface area contributed by atoms with Crippen molar-refractivity contribution in [1.82, 2.24) is 10.0 Å². The number of nitrogens with zero attached hydrogens (tertiary/aromatic N) is 4. The van der Waals surface area contributed by atoms with Crippen LogP contribution in [0, 0.1) is 10.1 Å². The summed E-state index contributed by atoms with van der Waals surface area (Å²) in [6, 6.07) is 15.4. The Kier molecular flexibility index (Phi) is 7.37. The van der Waals surface area contributed by atoms with Gasteiger partial charge in [0.25, 0.3) is 5.69 Å². The molecule has 0 N–H and O–H groups in total. The summed E-state index contributed by atoms with van der Waals surface area (Å²) in [5.74, 6) is 0. The highest BCUT2D eigenvalue weighted by molar-refractivity contribution is 5.75. The second-order valence-electron chi connectivity index (χ2n) is 8.53. The van der Waals surface area contributed by atoms with Gasteiger partial charge in [-0.05, 0) is 38.5 Å². The van der Waals surface area contributed by atoms with Crippen LogP contribution < -0.4 is 4.90 Å². The number of nitro groups is 1. The number of benzene rings is 2. The van der Waals surface area contributed by atoms with Gasteiger partial charge in [-0.15, -0.1) is 0 Å². The number of hydrogen-bond donors (Lipinski definition) is 0. The Morgan fingerprint density at radius 1 is 0.909 bits per heavy atom. The third-order valence-electron chi connectivity index (χ3n) is 4.90. The molecule has 0 radical (unpaired) electrons. The van der Waals surface area contributed by atoms with Gasteiger partial charge >= 0.3 is 12.2 Å². The monoisotopic (exact) mass is 456 g/mol. The lowest BCUT2D eigenvalue weighted by Crippen LogP contribution is -2.52. The Labute approximate surface area is 192 Å². The molecule has 0 aliphatic carbocycles. The van der Waals surface area contributed by atoms with Crippen molar-refractivity contribution in [2.45, 2.75) is 33.0 Å². The predicted molar refractivity (Wildman–Crippen MR) is 122 cm³/mol. The summed E-state index contributed by atoms with van der Waals surface area (Å²) < 4.78 is 11.0. The fraction of sp³-hybridized carbons (Fsp3) is 0.391. The molecule has 0 atom stereocenters. The molecule has 0 spiro atoms. The first-order valence-electron chi connectivity index (χ1n) is 10.6. The summed E-state index contributed by atoms with van der Waals surface area (Å²) in [6.45, 7) is 6.48. The quantitative estimate of drug-likeness (QED) is 0.501. The largest absolute Gasteiger partial charge is 0.443 e. The van der Waals surface area contributed by atoms with Crippen LogP contribution in [0.25, 0.3) is 0 Å². The Balaban J connectivity index is 1.76. The topological polar surface area (TPSA) is 105 Å². The van der Waals surface area contributed by atoms with E-state index in [-0.39, 0.29) is 25.4 Å². The molecule has 1 aliphatic heterocycles. The second-order valence-corrected chi connectivity index (χ2v) is 8.53. The van der Waals surface area contributed by atoms with E-state index in [1.165, 1.54) is 22.2 Å². The van der Waals surface area contributed by atoms with Crippen LogP contribution in [-0.2, 0) is 16.1 Å². The Bertz CT molecular complexity index is 975. The van der Waals surface area contributed by atoms with Crippen LogP contribution >= 0.6 is 0 Å². The highest BCUT2D eigenvalue weighted by atomic mass is 16.6. The van der Waals surface area contributed by atoms with Crippen LogP contribution in [0.15, 0.2) is 54.6 Å². The van der Waals surface area contributed by atoms with Crippen molar-refractivity contribution in [2.24, 2.45) is 0 Å². The number of amides is 2. The van der Waals surface area contributed by atoms with E-state index in [2.05, 4.69) is 0 Å². The van der Waals surface area contributed by atoms with Crippen molar-refractivity contribution >= 4 is 23.6 Å². The normalized spacial score (nSPS) is 14.5. The zero-order chi connectivity index (χ0) is 24.0. The molecule has 2 amide bonds. The number of rotatable bonds is 4. The van der Waals surface area contributed by atoms with Crippen molar-refractivity contribution in [2.75, 3.05) is 31.1 Å². The number of anilines is 1. The van der Waals surface area contributed by atoms with Crippen molar-refractivity contribution in [1.29, 1.82) is 0 Å². The van der Waals surface area contributed by atoms with Gasteiger partial charge in [-0.25, -0.2) is 19.6 Å². The van der Waals surface area contributed by atoms with Crippen molar-refractivity contribution in [3.8, 4) is 0 Å². The maximum absolute atomic E-state index is 12.9. The van der Waals surface area contributed by atoms with E-state index in [1.807, 2.05) is 35.2 Å². The molecular formula is C23H28N4O6. The maximum atomic E-state index is 12.9. The first-order valence-corrected chi connectivity index (χ1v) is 10.6. The molecule has 2 aromatic carbocycles. The summed E-state index contributed by atoms with van der Waals surface area (Å²) in [5, 5.41) is 13.4. The van der Waals surface area contributed by atoms with Gasteiger partial charge in [-0.3, -0.25) is 10.1 Å². The lowest BCUT2D eigenvalue weighted by molar-refractivity contribution is -0.384. The van der Waals surface area contributed by atoms with Gasteiger partial charge in [-0.2, -0.15) is 0 Å². The zero-order valence-corrected chi connectivity index (χ0v) is 19.0. The average Bonchev–Trinajstić information content (AvgIpc) is 3.00. The van der Waals surface area contributed by atoms with Crippen LogP contribution in [0.3, 0.4) is 0 Å². The lowest BCUT2D eigenvalue weighted by atomic mass is 10.2. The van der Waals surface area contributed by atoms with E-state index in [4.69, 9.17) is 9.47 Å². The lowest BCUT2D eigenvalue weighted by Gasteiger charge is -2.33. The molecular weight excluding hydrogens is 428 g/mol. The fourth-order valence-electron chi connectivity index (χ4n) is 3.32. The number of carbonyl (C=O) groups is 2. The first kappa shape index (κ1) is 23.8. The Morgan fingerprint density at radius 2 is 1.48 bits per heavy atom. The van der Waals surface area contributed by atoms with E-state index in [0.717, 1.165) is 11.3 Å². The third-order valence-corrected chi connectivity index (χ3v) is 4.90. The standard InChI is InChI=1S/C23H28N4O6/c1-23(2,3)33-22(29)26-16-14-24(19-9-11-20(12-10-19)27(30)31)13-15-25(26)21(28)32-17-18-7-5-4-6-8-18/h4-12H,13-17H2,1-3H3. The summed E-state index contributed by atoms with van der Waals surface area (Å²) in [4.78, 5) is 38.2. The molecule has 1 fully saturated rings. The van der Waals surface area contributed by atoms with E-state index >= 15 is 0 Å². The molecule has 0 saturated carbocycles. The molecule has 10 heteroatoms. The van der Waals surface area contributed by atoms with Gasteiger partial charge in [0, 0.05) is 30.9 Å². The van der Waals surface area contributed by atoms with Crippen LogP contribution in [0.4, 0.5) is 21.0 Å². The van der Waals surface area contributed by atoms with Gasteiger partial charge < -0.3 is 14.4 Å². The second kappa shape index (κ2) is 10.2. The number of carbonyl (C=O) groups excluding carboxylic acids is 2. The van der Waals surface area contributed by atoms with Crippen molar-refractivity contribution in [3.05, 3.63) is 70.3 Å². The molecule has 176 valence electrons. The molecule has 10 nitrogen and oxygen atoms in total. The summed E-state index contributed by atoms with van der Waals surface area (Å²) >= 11 is 0. The molecule has 1 saturated heterocycles. The van der Waals surface area contributed by atoms with E-state index in [0.29, 0.717) is 13.1 Å². The van der Waals surface area contributed by atoms with Crippen molar-refractivity contribution in [3.63, 3.8) is 0 Å². The Hall–Kier alpha value is -3.82. The molecule has 1 heterocycles. The minimum absolute atomic E-state index is 0.00457. The third kappa shape index (κ3) is 6.58. The number of hydrogen-bond acceptors (Lipinski definition) is 7. The zero-order valence-electron chi connectivity index (χ0n) is 19.0. The van der Waals surface area contributed by atoms with E-state index < -0.39 is 22.7 Å². The van der Waals surface area contributed by atoms with Gasteiger partial charge in [0.2, 0.25) is 0 Å². The Morgan fingerprint density at radius 3 is 2.03 bits per heavy atom. The number of ether oxygens (including phenoxy) is 2. The molecule has 0 aromatic heterocycles. The molecule has 0 unspecified atom stereocenters.